The number of amides is 1. The fraction of sp³-hybridized carbons (Fsp3) is 0.350. The Morgan fingerprint density at radius 1 is 1.21 bits per heavy atom. The molecule has 3 heterocycles. The highest BCUT2D eigenvalue weighted by molar-refractivity contribution is 7.99. The number of thiophene rings is 1. The standard InChI is InChI=1S/C20H22N4O3S2/c1-26-16-6-4-15(5-7-16)23-8-10-24(11-9-23)19(25)14-28-13-18-21-20(22-27-18)17-3-2-12-29-17/h2-7,12H,8-11,13-14H2,1H3. The second kappa shape index (κ2) is 9.32. The molecule has 0 unspecified atom stereocenters. The first-order chi connectivity index (χ1) is 14.2. The Labute approximate surface area is 177 Å². The number of rotatable bonds is 7. The molecule has 9 heteroatoms. The van der Waals surface area contributed by atoms with E-state index in [0.717, 1.165) is 42.5 Å². The lowest BCUT2D eigenvalue weighted by atomic mass is 10.2. The van der Waals surface area contributed by atoms with E-state index in [9.17, 15) is 4.79 Å². The quantitative estimate of drug-likeness (QED) is 0.569. The fourth-order valence-electron chi connectivity index (χ4n) is 3.14. The monoisotopic (exact) mass is 430 g/mol. The number of methoxy groups -OCH3 is 1. The number of benzene rings is 1. The molecule has 0 radical (unpaired) electrons. The van der Waals surface area contributed by atoms with E-state index in [-0.39, 0.29) is 5.91 Å². The van der Waals surface area contributed by atoms with Crippen LogP contribution in [-0.4, -0.2) is 60.0 Å². The molecule has 1 amide bonds. The third kappa shape index (κ3) is 4.91. The van der Waals surface area contributed by atoms with Gasteiger partial charge in [-0.2, -0.15) is 4.98 Å². The van der Waals surface area contributed by atoms with E-state index in [4.69, 9.17) is 9.26 Å². The molecule has 0 aliphatic carbocycles. The van der Waals surface area contributed by atoms with Crippen molar-refractivity contribution in [1.29, 1.82) is 0 Å². The Hall–Kier alpha value is -2.52. The highest BCUT2D eigenvalue weighted by Gasteiger charge is 2.21. The number of piperazine rings is 1. The number of carbonyl (C=O) groups excluding carboxylic acids is 1. The summed E-state index contributed by atoms with van der Waals surface area (Å²) in [5.41, 5.74) is 1.16. The Morgan fingerprint density at radius 3 is 2.69 bits per heavy atom. The maximum Gasteiger partial charge on any atom is 0.236 e. The van der Waals surface area contributed by atoms with Crippen LogP contribution in [0.5, 0.6) is 5.75 Å². The zero-order chi connectivity index (χ0) is 20.1. The van der Waals surface area contributed by atoms with Crippen LogP contribution in [0.25, 0.3) is 10.7 Å². The van der Waals surface area contributed by atoms with Gasteiger partial charge in [0.2, 0.25) is 17.6 Å². The number of carbonyl (C=O) groups is 1. The normalized spacial score (nSPS) is 14.2. The Bertz CT molecular complexity index is 920. The zero-order valence-corrected chi connectivity index (χ0v) is 17.7. The number of hydrogen-bond acceptors (Lipinski definition) is 8. The summed E-state index contributed by atoms with van der Waals surface area (Å²) in [6.07, 6.45) is 0. The molecule has 1 aromatic carbocycles. The molecule has 7 nitrogen and oxygen atoms in total. The summed E-state index contributed by atoms with van der Waals surface area (Å²) >= 11 is 3.08. The summed E-state index contributed by atoms with van der Waals surface area (Å²) in [7, 11) is 1.67. The summed E-state index contributed by atoms with van der Waals surface area (Å²) in [5, 5.41) is 5.98. The molecule has 1 aliphatic heterocycles. The van der Waals surface area contributed by atoms with Gasteiger partial charge in [0.15, 0.2) is 0 Å². The first kappa shape index (κ1) is 19.8. The van der Waals surface area contributed by atoms with Crippen molar-refractivity contribution < 1.29 is 14.1 Å². The van der Waals surface area contributed by atoms with Crippen LogP contribution in [0.15, 0.2) is 46.3 Å². The second-order valence-corrected chi connectivity index (χ2v) is 8.48. The van der Waals surface area contributed by atoms with Gasteiger partial charge in [0.25, 0.3) is 0 Å². The largest absolute Gasteiger partial charge is 0.497 e. The highest BCUT2D eigenvalue weighted by atomic mass is 32.2. The first-order valence-electron chi connectivity index (χ1n) is 9.34. The Kier molecular flexibility index (Phi) is 6.36. The number of hydrogen-bond donors (Lipinski definition) is 0. The van der Waals surface area contributed by atoms with Gasteiger partial charge in [-0.15, -0.1) is 23.1 Å². The molecule has 4 rings (SSSR count). The summed E-state index contributed by atoms with van der Waals surface area (Å²) < 4.78 is 10.5. The van der Waals surface area contributed by atoms with Crippen molar-refractivity contribution in [2.24, 2.45) is 0 Å². The van der Waals surface area contributed by atoms with Gasteiger partial charge in [-0.05, 0) is 35.7 Å². The van der Waals surface area contributed by atoms with Crippen LogP contribution in [0.1, 0.15) is 5.89 Å². The van der Waals surface area contributed by atoms with E-state index < -0.39 is 0 Å². The van der Waals surface area contributed by atoms with Crippen LogP contribution in [0, 0.1) is 0 Å². The van der Waals surface area contributed by atoms with Crippen LogP contribution in [0.4, 0.5) is 5.69 Å². The minimum atomic E-state index is 0.155. The van der Waals surface area contributed by atoms with E-state index >= 15 is 0 Å². The third-order valence-corrected chi connectivity index (χ3v) is 6.50. The minimum Gasteiger partial charge on any atom is -0.497 e. The lowest BCUT2D eigenvalue weighted by molar-refractivity contribution is -0.128. The smallest absolute Gasteiger partial charge is 0.236 e. The average molecular weight is 431 g/mol. The van der Waals surface area contributed by atoms with E-state index in [1.54, 1.807) is 18.4 Å². The van der Waals surface area contributed by atoms with Crippen molar-refractivity contribution in [3.05, 3.63) is 47.7 Å². The van der Waals surface area contributed by atoms with Crippen LogP contribution < -0.4 is 9.64 Å². The molecule has 152 valence electrons. The van der Waals surface area contributed by atoms with E-state index in [2.05, 4.69) is 27.2 Å². The molecule has 0 spiro atoms. The highest BCUT2D eigenvalue weighted by Crippen LogP contribution is 2.23. The van der Waals surface area contributed by atoms with Crippen LogP contribution in [-0.2, 0) is 10.5 Å². The lowest BCUT2D eigenvalue weighted by Crippen LogP contribution is -2.49. The summed E-state index contributed by atoms with van der Waals surface area (Å²) in [6.45, 7) is 3.12. The number of nitrogens with zero attached hydrogens (tertiary/aromatic N) is 4. The first-order valence-corrected chi connectivity index (χ1v) is 11.4. The van der Waals surface area contributed by atoms with Crippen molar-refractivity contribution >= 4 is 34.7 Å². The van der Waals surface area contributed by atoms with Gasteiger partial charge in [0.05, 0.1) is 23.5 Å². The van der Waals surface area contributed by atoms with Crippen molar-refractivity contribution in [1.82, 2.24) is 15.0 Å². The van der Waals surface area contributed by atoms with Crippen molar-refractivity contribution in [3.8, 4) is 16.5 Å². The molecule has 29 heavy (non-hydrogen) atoms. The second-order valence-electron chi connectivity index (χ2n) is 6.55. The third-order valence-electron chi connectivity index (χ3n) is 4.73. The molecular formula is C20H22N4O3S2. The average Bonchev–Trinajstić information content (AvgIpc) is 3.46. The molecule has 3 aromatic rings. The van der Waals surface area contributed by atoms with E-state index in [1.165, 1.54) is 11.8 Å². The molecule has 0 N–H and O–H groups in total. The fourth-order valence-corrected chi connectivity index (χ4v) is 4.54. The van der Waals surface area contributed by atoms with E-state index in [0.29, 0.717) is 23.2 Å². The SMILES string of the molecule is COc1ccc(N2CCN(C(=O)CSCc3nc(-c4cccs4)no3)CC2)cc1. The van der Waals surface area contributed by atoms with Crippen molar-refractivity contribution in [2.45, 2.75) is 5.75 Å². The molecular weight excluding hydrogens is 408 g/mol. The van der Waals surface area contributed by atoms with Gasteiger partial charge >= 0.3 is 0 Å². The number of thioether (sulfide) groups is 1. The van der Waals surface area contributed by atoms with Gasteiger partial charge < -0.3 is 19.1 Å². The Morgan fingerprint density at radius 2 is 2.00 bits per heavy atom. The van der Waals surface area contributed by atoms with Gasteiger partial charge in [-0.25, -0.2) is 0 Å². The Balaban J connectivity index is 1.21. The van der Waals surface area contributed by atoms with Crippen LogP contribution in [0.2, 0.25) is 0 Å². The van der Waals surface area contributed by atoms with Gasteiger partial charge in [-0.1, -0.05) is 11.2 Å². The van der Waals surface area contributed by atoms with E-state index in [1.807, 2.05) is 34.5 Å². The molecule has 2 aromatic heterocycles. The maximum atomic E-state index is 12.5. The number of aromatic nitrogens is 2. The summed E-state index contributed by atoms with van der Waals surface area (Å²) in [4.78, 5) is 22.1. The van der Waals surface area contributed by atoms with Crippen LogP contribution >= 0.6 is 23.1 Å². The molecule has 0 atom stereocenters. The maximum absolute atomic E-state index is 12.5. The molecule has 1 aliphatic rings. The van der Waals surface area contributed by atoms with Crippen molar-refractivity contribution in [3.63, 3.8) is 0 Å². The van der Waals surface area contributed by atoms with Crippen LogP contribution in [0.3, 0.4) is 0 Å². The molecule has 0 saturated carbocycles. The van der Waals surface area contributed by atoms with Gasteiger partial charge in [0, 0.05) is 31.9 Å². The molecule has 1 fully saturated rings. The van der Waals surface area contributed by atoms with Gasteiger partial charge in [0.1, 0.15) is 5.75 Å². The molecule has 0 bridgehead atoms. The van der Waals surface area contributed by atoms with Crippen molar-refractivity contribution in [2.75, 3.05) is 43.9 Å². The predicted molar refractivity (Wildman–Crippen MR) is 116 cm³/mol. The minimum absolute atomic E-state index is 0.155. The predicted octanol–water partition coefficient (Wildman–Crippen LogP) is 3.39. The lowest BCUT2D eigenvalue weighted by Gasteiger charge is -2.36. The number of ether oxygens (including phenoxy) is 1. The van der Waals surface area contributed by atoms with Gasteiger partial charge in [-0.3, -0.25) is 4.79 Å². The zero-order valence-electron chi connectivity index (χ0n) is 16.1. The summed E-state index contributed by atoms with van der Waals surface area (Å²) in [5.74, 6) is 3.12. The molecule has 1 saturated heterocycles. The topological polar surface area (TPSA) is 71.7 Å². The summed E-state index contributed by atoms with van der Waals surface area (Å²) in [6, 6.07) is 12.0. The number of anilines is 1.